The zero-order valence-electron chi connectivity index (χ0n) is 10.1. The van der Waals surface area contributed by atoms with Gasteiger partial charge >= 0.3 is 0 Å². The number of hydrogen-bond donors (Lipinski definition) is 2. The average Bonchev–Trinajstić information content (AvgIpc) is 2.78. The van der Waals surface area contributed by atoms with Gasteiger partial charge in [-0.15, -0.1) is 0 Å². The van der Waals surface area contributed by atoms with Crippen molar-refractivity contribution in [3.8, 4) is 0 Å². The lowest BCUT2D eigenvalue weighted by Gasteiger charge is -2.22. The van der Waals surface area contributed by atoms with Gasteiger partial charge in [-0.3, -0.25) is 0 Å². The van der Waals surface area contributed by atoms with Crippen molar-refractivity contribution in [1.82, 2.24) is 0 Å². The first-order valence-electron chi connectivity index (χ1n) is 5.80. The molecule has 0 aliphatic rings. The Kier molecular flexibility index (Phi) is 4.11. The van der Waals surface area contributed by atoms with Crippen LogP contribution in [0.5, 0.6) is 0 Å². The van der Waals surface area contributed by atoms with Crippen molar-refractivity contribution < 1.29 is 9.50 Å². The van der Waals surface area contributed by atoms with Crippen LogP contribution in [-0.4, -0.2) is 11.7 Å². The number of aliphatic hydroxyl groups excluding tert-OH is 1. The maximum absolute atomic E-state index is 13.8. The Bertz CT molecular complexity index is 526. The lowest BCUT2D eigenvalue weighted by molar-refractivity contribution is 0.145. The zero-order chi connectivity index (χ0) is 13.1. The Morgan fingerprint density at radius 1 is 1.28 bits per heavy atom. The van der Waals surface area contributed by atoms with Gasteiger partial charge in [-0.05, 0) is 40.4 Å². The first-order chi connectivity index (χ1) is 8.65. The van der Waals surface area contributed by atoms with Gasteiger partial charge in [0.1, 0.15) is 5.82 Å². The Labute approximate surface area is 110 Å². The van der Waals surface area contributed by atoms with E-state index in [0.29, 0.717) is 5.56 Å². The van der Waals surface area contributed by atoms with Gasteiger partial charge in [-0.1, -0.05) is 18.2 Å². The van der Waals surface area contributed by atoms with Crippen molar-refractivity contribution in [3.63, 3.8) is 0 Å². The van der Waals surface area contributed by atoms with Crippen LogP contribution in [0.3, 0.4) is 0 Å². The normalized spacial score (nSPS) is 14.4. The van der Waals surface area contributed by atoms with Gasteiger partial charge in [0.15, 0.2) is 0 Å². The minimum absolute atomic E-state index is 0.206. The molecule has 0 bridgehead atoms. The minimum atomic E-state index is -0.766. The second kappa shape index (κ2) is 5.61. The molecule has 0 fully saturated rings. The second-order valence-corrected chi connectivity index (χ2v) is 5.06. The summed E-state index contributed by atoms with van der Waals surface area (Å²) in [5.74, 6) is -0.737. The molecule has 0 aliphatic heterocycles. The van der Waals surface area contributed by atoms with Gasteiger partial charge in [0.2, 0.25) is 0 Å². The molecule has 1 aromatic carbocycles. The molecule has 3 N–H and O–H groups in total. The molecule has 2 aromatic rings. The molecular weight excluding hydrogens is 249 g/mol. The number of hydrogen-bond acceptors (Lipinski definition) is 3. The van der Waals surface area contributed by atoms with Crippen LogP contribution in [0, 0.1) is 12.7 Å². The maximum atomic E-state index is 13.8. The van der Waals surface area contributed by atoms with Crippen molar-refractivity contribution in [1.29, 1.82) is 0 Å². The molecule has 2 rings (SSSR count). The van der Waals surface area contributed by atoms with Crippen molar-refractivity contribution in [2.24, 2.45) is 5.73 Å². The number of thiophene rings is 1. The van der Waals surface area contributed by atoms with E-state index in [0.717, 1.165) is 11.1 Å². The van der Waals surface area contributed by atoms with E-state index in [1.165, 1.54) is 17.4 Å². The van der Waals surface area contributed by atoms with E-state index in [9.17, 15) is 9.50 Å². The van der Waals surface area contributed by atoms with Crippen LogP contribution in [0.25, 0.3) is 0 Å². The molecule has 2 unspecified atom stereocenters. The fourth-order valence-electron chi connectivity index (χ4n) is 2.09. The van der Waals surface area contributed by atoms with E-state index in [1.807, 2.05) is 17.7 Å². The third-order valence-corrected chi connectivity index (χ3v) is 4.03. The van der Waals surface area contributed by atoms with Crippen LogP contribution in [0.4, 0.5) is 4.39 Å². The predicted octanol–water partition coefficient (Wildman–Crippen LogP) is 2.97. The number of rotatable bonds is 4. The third kappa shape index (κ3) is 2.46. The molecule has 0 aliphatic carbocycles. The summed E-state index contributed by atoms with van der Waals surface area (Å²) in [6, 6.07) is 6.46. The molecule has 1 heterocycles. The Hall–Kier alpha value is -1.23. The first kappa shape index (κ1) is 13.2. The van der Waals surface area contributed by atoms with Gasteiger partial charge in [-0.25, -0.2) is 4.39 Å². The number of aliphatic hydroxyl groups is 1. The van der Waals surface area contributed by atoms with Gasteiger partial charge in [0.25, 0.3) is 0 Å². The largest absolute Gasteiger partial charge is 0.388 e. The summed E-state index contributed by atoms with van der Waals surface area (Å²) in [7, 11) is 0. The van der Waals surface area contributed by atoms with Gasteiger partial charge in [0, 0.05) is 12.5 Å². The third-order valence-electron chi connectivity index (χ3n) is 3.15. The topological polar surface area (TPSA) is 46.2 Å². The van der Waals surface area contributed by atoms with E-state index in [-0.39, 0.29) is 12.4 Å². The number of benzene rings is 1. The van der Waals surface area contributed by atoms with Crippen molar-refractivity contribution >= 4 is 11.3 Å². The molecule has 96 valence electrons. The van der Waals surface area contributed by atoms with Crippen LogP contribution in [-0.2, 0) is 0 Å². The molecule has 0 saturated carbocycles. The molecule has 2 atom stereocenters. The molecule has 0 radical (unpaired) electrons. The molecule has 0 spiro atoms. The van der Waals surface area contributed by atoms with Crippen LogP contribution in [0.1, 0.15) is 28.7 Å². The molecule has 0 amide bonds. The molecular formula is C14H16FNOS. The van der Waals surface area contributed by atoms with Crippen LogP contribution < -0.4 is 5.73 Å². The summed E-state index contributed by atoms with van der Waals surface area (Å²) in [5.41, 5.74) is 8.03. The number of nitrogens with two attached hydrogens (primary N) is 1. The first-order valence-corrected chi connectivity index (χ1v) is 6.74. The quantitative estimate of drug-likeness (QED) is 0.892. The van der Waals surface area contributed by atoms with Gasteiger partial charge < -0.3 is 10.8 Å². The van der Waals surface area contributed by atoms with Gasteiger partial charge in [-0.2, -0.15) is 11.3 Å². The van der Waals surface area contributed by atoms with Crippen molar-refractivity contribution in [2.75, 3.05) is 6.54 Å². The van der Waals surface area contributed by atoms with E-state index in [2.05, 4.69) is 0 Å². The highest BCUT2D eigenvalue weighted by atomic mass is 32.1. The van der Waals surface area contributed by atoms with E-state index >= 15 is 0 Å². The van der Waals surface area contributed by atoms with Crippen LogP contribution in [0.2, 0.25) is 0 Å². The molecule has 0 saturated heterocycles. The molecule has 2 nitrogen and oxygen atoms in total. The van der Waals surface area contributed by atoms with Crippen molar-refractivity contribution in [3.05, 3.63) is 57.5 Å². The van der Waals surface area contributed by atoms with E-state index < -0.39 is 12.0 Å². The summed E-state index contributed by atoms with van der Waals surface area (Å²) in [4.78, 5) is 0. The van der Waals surface area contributed by atoms with Crippen LogP contribution >= 0.6 is 11.3 Å². The average molecular weight is 265 g/mol. The van der Waals surface area contributed by atoms with E-state index in [4.69, 9.17) is 5.73 Å². The lowest BCUT2D eigenvalue weighted by Crippen LogP contribution is -2.21. The summed E-state index contributed by atoms with van der Waals surface area (Å²) >= 11 is 1.53. The van der Waals surface area contributed by atoms with Crippen LogP contribution in [0.15, 0.2) is 35.0 Å². The molecule has 18 heavy (non-hydrogen) atoms. The van der Waals surface area contributed by atoms with Crippen molar-refractivity contribution in [2.45, 2.75) is 18.9 Å². The standard InChI is InChI=1S/C14H16FNOS/c1-9-7-18-8-12(9)14(17)11(6-16)10-4-2-3-5-13(10)15/h2-5,7-8,11,14,17H,6,16H2,1H3. The number of aryl methyl sites for hydroxylation is 1. The molecule has 1 aromatic heterocycles. The Morgan fingerprint density at radius 2 is 2.00 bits per heavy atom. The van der Waals surface area contributed by atoms with Gasteiger partial charge in [0.05, 0.1) is 6.10 Å². The maximum Gasteiger partial charge on any atom is 0.126 e. The minimum Gasteiger partial charge on any atom is -0.388 e. The Morgan fingerprint density at radius 3 is 2.56 bits per heavy atom. The summed E-state index contributed by atoms with van der Waals surface area (Å²) in [6.07, 6.45) is -0.766. The van der Waals surface area contributed by atoms with E-state index in [1.54, 1.807) is 18.2 Å². The SMILES string of the molecule is Cc1cscc1C(O)C(CN)c1ccccc1F. The molecule has 4 heteroatoms. The highest BCUT2D eigenvalue weighted by Crippen LogP contribution is 2.34. The second-order valence-electron chi connectivity index (χ2n) is 4.32. The monoisotopic (exact) mass is 265 g/mol. The highest BCUT2D eigenvalue weighted by Gasteiger charge is 2.25. The highest BCUT2D eigenvalue weighted by molar-refractivity contribution is 7.08. The number of halogens is 1. The summed E-state index contributed by atoms with van der Waals surface area (Å²) in [5, 5.41) is 14.2. The summed E-state index contributed by atoms with van der Waals surface area (Å²) in [6.45, 7) is 2.14. The fraction of sp³-hybridized carbons (Fsp3) is 0.286. The predicted molar refractivity (Wildman–Crippen MR) is 72.2 cm³/mol. The Balaban J connectivity index is 2.35. The lowest BCUT2D eigenvalue weighted by atomic mass is 9.89. The summed E-state index contributed by atoms with van der Waals surface area (Å²) < 4.78 is 13.8. The zero-order valence-corrected chi connectivity index (χ0v) is 11.0. The smallest absolute Gasteiger partial charge is 0.126 e. The fourth-order valence-corrected chi connectivity index (χ4v) is 2.97.